The Labute approximate surface area is 411 Å². The summed E-state index contributed by atoms with van der Waals surface area (Å²) in [7, 11) is -18.9. The van der Waals surface area contributed by atoms with E-state index in [1.807, 2.05) is 4.98 Å². The number of nitrogens with two attached hydrogens (primary N) is 2. The summed E-state index contributed by atoms with van der Waals surface area (Å²) >= 11 is 0. The summed E-state index contributed by atoms with van der Waals surface area (Å²) in [6.45, 7) is -3.36. The number of hydrogen-bond donors (Lipinski definition) is 12. The van der Waals surface area contributed by atoms with Crippen molar-refractivity contribution in [1.82, 2.24) is 48.5 Å². The Morgan fingerprint density at radius 3 is 2.19 bits per heavy atom. The van der Waals surface area contributed by atoms with Crippen molar-refractivity contribution in [3.63, 3.8) is 0 Å². The Balaban J connectivity index is 0.939. The maximum atomic E-state index is 13.6. The molecule has 37 nitrogen and oxygen atoms in total. The van der Waals surface area contributed by atoms with Crippen LogP contribution in [0.4, 0.5) is 11.8 Å². The van der Waals surface area contributed by atoms with E-state index in [0.717, 1.165) is 36.6 Å². The Morgan fingerprint density at radius 1 is 0.797 bits per heavy atom. The monoisotopic (exact) mass is 1130 g/mol. The van der Waals surface area contributed by atoms with Gasteiger partial charge in [-0.1, -0.05) is 4.98 Å². The highest BCUT2D eigenvalue weighted by Gasteiger charge is 2.53. The fraction of sp³-hybridized carbons (Fsp3) is 0.576. The molecule has 0 saturated carbocycles. The van der Waals surface area contributed by atoms with Gasteiger partial charge in [0.25, 0.3) is 17.1 Å². The minimum absolute atomic E-state index is 0.00919. The van der Waals surface area contributed by atoms with Crippen molar-refractivity contribution in [3.8, 4) is 0 Å². The Kier molecular flexibility index (Phi) is 16.1. The first-order chi connectivity index (χ1) is 34.7. The minimum Gasteiger partial charge on any atom is -0.387 e. The highest BCUT2D eigenvalue weighted by Crippen LogP contribution is 2.62. The molecule has 3 aliphatic rings. The number of hydrogen-bond acceptors (Lipinski definition) is 26. The standard InChI is InChI=1S/C33H47N13O24P4/c1-43-12-46(27-19(43)28(51)41-32(35)40-27)29-20(48)13(6-61-2)14(66-29)7-63-71(53,54)42-72(55,56)70-74(59,60)65-9-16-23(24(62-3)31(68-16)45-11-38-18-25(34)36-10-37-26(18)45)69-73(57,58)64-8-15-21(49)22(50)30(67-15)44-5-4-17(47)39-33(44)52/h4-5,10-16,20-24,29-31,48-50H,6-9H2,1-3H3,(H10-,34,35,36,37,39,40,41,42,47,51,52,53,54,55,56,57,58,59,60)/p+1/t13-,14-,15-,16-,20-,21-,22-,23-,24-,29-,30-,31-/m1/s1. The van der Waals surface area contributed by atoms with Crippen LogP contribution in [0.5, 0.6) is 0 Å². The number of phosphoric ester groups is 2. The van der Waals surface area contributed by atoms with E-state index in [0.29, 0.717) is 0 Å². The molecule has 14 N–H and O–H groups in total. The van der Waals surface area contributed by atoms with Crippen molar-refractivity contribution in [2.24, 2.45) is 13.0 Å². The zero-order chi connectivity index (χ0) is 53.8. The van der Waals surface area contributed by atoms with Gasteiger partial charge in [-0.15, -0.1) is 4.86 Å². The number of rotatable bonds is 21. The molecule has 4 unspecified atom stereocenters. The smallest absolute Gasteiger partial charge is 0.387 e. The van der Waals surface area contributed by atoms with E-state index in [1.54, 1.807) is 0 Å². The number of imidazole rings is 2. The van der Waals surface area contributed by atoms with E-state index < -0.39 is 141 Å². The largest absolute Gasteiger partial charge is 0.480 e. The average Bonchev–Trinajstić information content (AvgIpc) is 4.10. The van der Waals surface area contributed by atoms with Gasteiger partial charge in [0.1, 0.15) is 54.6 Å². The molecule has 0 bridgehead atoms. The molecule has 0 spiro atoms. The molecular weight excluding hydrogens is 1090 g/mol. The number of aromatic nitrogens is 10. The van der Waals surface area contributed by atoms with Gasteiger partial charge >= 0.3 is 42.5 Å². The quantitative estimate of drug-likeness (QED) is 0.0244. The number of nitrogens with zero attached hydrogens (tertiary/aromatic N) is 8. The van der Waals surface area contributed by atoms with Crippen LogP contribution < -0.4 is 37.7 Å². The van der Waals surface area contributed by atoms with Gasteiger partial charge in [-0.3, -0.25) is 51.4 Å². The highest BCUT2D eigenvalue weighted by molar-refractivity contribution is 7.71. The van der Waals surface area contributed by atoms with Crippen LogP contribution in [0, 0.1) is 5.92 Å². The number of aliphatic hydroxyl groups is 3. The molecule has 16 atom stereocenters. The van der Waals surface area contributed by atoms with Crippen LogP contribution in [0.3, 0.4) is 0 Å². The third-order valence-corrected chi connectivity index (χ3v) is 17.3. The van der Waals surface area contributed by atoms with Crippen LogP contribution in [0.2, 0.25) is 0 Å². The van der Waals surface area contributed by atoms with Crippen LogP contribution >= 0.6 is 31.1 Å². The van der Waals surface area contributed by atoms with Gasteiger partial charge < -0.3 is 70.0 Å². The number of methoxy groups -OCH3 is 2. The number of nitrogens with one attached hydrogen (secondary N) is 3. The number of H-pyrrole nitrogens is 2. The normalized spacial score (nSPS) is 30.6. The number of nitrogen functional groups attached to an aromatic ring is 2. The van der Waals surface area contributed by atoms with E-state index in [1.165, 1.54) is 39.0 Å². The summed E-state index contributed by atoms with van der Waals surface area (Å²) in [5, 5.41) is 32.5. The third kappa shape index (κ3) is 11.7. The van der Waals surface area contributed by atoms with Crippen LogP contribution in [0.15, 0.2) is 45.6 Å². The third-order valence-electron chi connectivity index (χ3n) is 11.6. The van der Waals surface area contributed by atoms with Crippen molar-refractivity contribution < 1.29 is 104 Å². The van der Waals surface area contributed by atoms with Gasteiger partial charge in [0.05, 0.1) is 45.9 Å². The maximum Gasteiger partial charge on any atom is 0.480 e. The van der Waals surface area contributed by atoms with E-state index in [2.05, 4.69) is 29.2 Å². The number of ether oxygens (including phenoxy) is 5. The lowest BCUT2D eigenvalue weighted by molar-refractivity contribution is -0.745. The second-order valence-electron chi connectivity index (χ2n) is 16.5. The Hall–Kier alpha value is -4.62. The summed E-state index contributed by atoms with van der Waals surface area (Å²) < 4.78 is 111. The zero-order valence-corrected chi connectivity index (χ0v) is 41.8. The fourth-order valence-electron chi connectivity index (χ4n) is 8.33. The van der Waals surface area contributed by atoms with Crippen LogP contribution in [0.25, 0.3) is 22.3 Å². The molecule has 3 fully saturated rings. The van der Waals surface area contributed by atoms with Gasteiger partial charge in [-0.2, -0.15) is 4.31 Å². The summed E-state index contributed by atoms with van der Waals surface area (Å²) in [5.41, 5.74) is 9.35. The first-order valence-corrected chi connectivity index (χ1v) is 27.3. The first-order valence-electron chi connectivity index (χ1n) is 21.2. The number of fused-ring (bicyclic) bond motifs is 2. The van der Waals surface area contributed by atoms with E-state index in [-0.39, 0.29) is 40.7 Å². The number of aryl methyl sites for hydroxylation is 1. The zero-order valence-electron chi connectivity index (χ0n) is 38.2. The van der Waals surface area contributed by atoms with E-state index in [9.17, 15) is 67.5 Å². The number of aromatic amines is 2. The lowest BCUT2D eigenvalue weighted by Gasteiger charge is -2.26. The summed E-state index contributed by atoms with van der Waals surface area (Å²) in [6, 6.07) is 0.928. The number of anilines is 2. The molecule has 0 aliphatic carbocycles. The molecule has 5 aromatic rings. The van der Waals surface area contributed by atoms with Gasteiger partial charge in [-0.05, 0) is 0 Å². The second kappa shape index (κ2) is 21.4. The predicted molar refractivity (Wildman–Crippen MR) is 239 cm³/mol. The fourth-order valence-corrected chi connectivity index (χ4v) is 13.3. The first kappa shape index (κ1) is 55.6. The molecule has 41 heteroatoms. The highest BCUT2D eigenvalue weighted by atomic mass is 31.3. The Morgan fingerprint density at radius 2 is 1.49 bits per heavy atom. The van der Waals surface area contributed by atoms with Crippen LogP contribution in [0.1, 0.15) is 18.7 Å². The van der Waals surface area contributed by atoms with Crippen molar-refractivity contribution in [3.05, 3.63) is 62.4 Å². The van der Waals surface area contributed by atoms with Gasteiger partial charge in [0.15, 0.2) is 30.2 Å². The van der Waals surface area contributed by atoms with Crippen molar-refractivity contribution in [1.29, 1.82) is 0 Å². The molecule has 0 aromatic carbocycles. The molecular formula is C33H48N13O24P4+. The topological polar surface area (TPSA) is 519 Å². The maximum absolute atomic E-state index is 13.6. The van der Waals surface area contributed by atoms with Gasteiger partial charge in [0, 0.05) is 32.4 Å². The Bertz CT molecular complexity index is 3270. The SMILES string of the molecule is COC[C@H]1[C@@H](O)[C@H]([n+]2cn(C)c3c(=O)[nH]c(N)nc32)O[C@@H]1COP(=O)(O)NP(=O)(O)OP(=O)(O)OC[C@H]1O[C@@H](n2cnc3c(N)ncnc32)[C@H](OC)[C@@H]1OP(=O)(O)OC[C@H]1O[C@@H](n2ccc(=O)[nH]c2=O)[C@H](O)[C@@H]1O. The van der Waals surface area contributed by atoms with Crippen LogP contribution in [-0.2, 0) is 71.4 Å². The predicted octanol–water partition coefficient (Wildman–Crippen LogP) is -4.40. The minimum atomic E-state index is -5.93. The average molecular weight is 1130 g/mol. The lowest BCUT2D eigenvalue weighted by atomic mass is 9.99. The van der Waals surface area contributed by atoms with Crippen molar-refractivity contribution in [2.75, 3.05) is 52.1 Å². The number of aliphatic hydroxyl groups excluding tert-OH is 3. The summed E-state index contributed by atoms with van der Waals surface area (Å²) in [5.74, 6) is -1.35. The van der Waals surface area contributed by atoms with Crippen LogP contribution in [-0.4, -0.2) is 168 Å². The van der Waals surface area contributed by atoms with Crippen molar-refractivity contribution in [2.45, 2.75) is 67.5 Å². The molecule has 5 aromatic heterocycles. The second-order valence-corrected chi connectivity index (χ2v) is 22.9. The molecule has 3 saturated heterocycles. The molecule has 8 rings (SSSR count). The lowest BCUT2D eigenvalue weighted by Crippen LogP contribution is -2.45. The molecule has 8 heterocycles. The molecule has 3 aliphatic heterocycles. The van der Waals surface area contributed by atoms with Gasteiger partial charge in [-0.25, -0.2) is 42.6 Å². The summed E-state index contributed by atoms with van der Waals surface area (Å²) in [6.07, 6.45) is -13.1. The molecule has 0 radical (unpaired) electrons. The van der Waals surface area contributed by atoms with Crippen molar-refractivity contribution >= 4 is 65.2 Å². The van der Waals surface area contributed by atoms with E-state index >= 15 is 0 Å². The number of phosphoric acid groups is 2. The molecule has 74 heavy (non-hydrogen) atoms. The molecule has 408 valence electrons. The van der Waals surface area contributed by atoms with Gasteiger partial charge in [0.2, 0.25) is 11.7 Å². The molecule has 0 amide bonds. The van der Waals surface area contributed by atoms with E-state index in [4.69, 9.17) is 53.2 Å². The summed E-state index contributed by atoms with van der Waals surface area (Å²) in [4.78, 5) is 101.